The van der Waals surface area contributed by atoms with Crippen LogP contribution in [0.1, 0.15) is 0 Å². The third-order valence-electron chi connectivity index (χ3n) is 2.62. The summed E-state index contributed by atoms with van der Waals surface area (Å²) in [7, 11) is -0.953. The van der Waals surface area contributed by atoms with Crippen molar-refractivity contribution < 1.29 is 9.32 Å². The maximum atomic E-state index is 11.6. The van der Waals surface area contributed by atoms with E-state index in [-0.39, 0.29) is 5.75 Å². The highest BCUT2D eigenvalue weighted by molar-refractivity contribution is 7.85. The van der Waals surface area contributed by atoms with Gasteiger partial charge < -0.3 is 9.67 Å². The number of rotatable bonds is 1. The summed E-state index contributed by atoms with van der Waals surface area (Å²) in [5.41, 5.74) is 1.74. The number of fused-ring (bicyclic) bond motifs is 1. The van der Waals surface area contributed by atoms with Crippen LogP contribution in [0.3, 0.4) is 0 Å². The number of aromatic hydroxyl groups is 1. The van der Waals surface area contributed by atoms with Gasteiger partial charge in [0.2, 0.25) is 0 Å². The van der Waals surface area contributed by atoms with Crippen LogP contribution >= 0.6 is 0 Å². The molecule has 2 heterocycles. The van der Waals surface area contributed by atoms with Gasteiger partial charge in [-0.2, -0.15) is 0 Å². The second-order valence-corrected chi connectivity index (χ2v) is 5.16. The van der Waals surface area contributed by atoms with Crippen LogP contribution < -0.4 is 0 Å². The first-order valence-corrected chi connectivity index (χ1v) is 6.31. The molecule has 0 fully saturated rings. The lowest BCUT2D eigenvalue weighted by molar-refractivity contribution is 0.475. The summed E-state index contributed by atoms with van der Waals surface area (Å²) >= 11 is 0. The Labute approximate surface area is 95.0 Å². The molecule has 1 aromatic heterocycles. The van der Waals surface area contributed by atoms with Gasteiger partial charge in [-0.15, -0.1) is 0 Å². The lowest BCUT2D eigenvalue weighted by Gasteiger charge is -1.96. The van der Waals surface area contributed by atoms with E-state index >= 15 is 0 Å². The van der Waals surface area contributed by atoms with Crippen LogP contribution in [0.25, 0.3) is 11.3 Å². The van der Waals surface area contributed by atoms with E-state index in [1.165, 1.54) is 0 Å². The Bertz CT molecular complexity index is 560. The van der Waals surface area contributed by atoms with Crippen molar-refractivity contribution in [2.45, 2.75) is 11.7 Å². The Kier molecular flexibility index (Phi) is 2.07. The Hall–Kier alpha value is -1.62. The first kappa shape index (κ1) is 9.59. The highest BCUT2D eigenvalue weighted by atomic mass is 32.2. The molecular weight excluding hydrogens is 224 g/mol. The summed E-state index contributed by atoms with van der Waals surface area (Å²) in [6, 6.07) is 6.85. The van der Waals surface area contributed by atoms with Gasteiger partial charge in [0.1, 0.15) is 5.75 Å². The van der Waals surface area contributed by atoms with Gasteiger partial charge in [0.25, 0.3) is 0 Å². The van der Waals surface area contributed by atoms with E-state index in [9.17, 15) is 9.32 Å². The predicted octanol–water partition coefficient (Wildman–Crippen LogP) is 1.38. The first-order chi connectivity index (χ1) is 7.74. The van der Waals surface area contributed by atoms with Crippen molar-refractivity contribution in [1.29, 1.82) is 0 Å². The molecule has 1 N–H and O–H groups in total. The fourth-order valence-corrected chi connectivity index (χ4v) is 2.94. The van der Waals surface area contributed by atoms with Crippen LogP contribution in [0.2, 0.25) is 0 Å². The van der Waals surface area contributed by atoms with Crippen LogP contribution in [-0.4, -0.2) is 24.6 Å². The summed E-state index contributed by atoms with van der Waals surface area (Å²) in [5.74, 6) is 0.900. The van der Waals surface area contributed by atoms with Crippen molar-refractivity contribution in [3.8, 4) is 17.0 Å². The lowest BCUT2D eigenvalue weighted by atomic mass is 10.2. The van der Waals surface area contributed by atoms with Crippen LogP contribution in [-0.2, 0) is 17.3 Å². The number of hydrogen-bond acceptors (Lipinski definition) is 3. The van der Waals surface area contributed by atoms with Crippen LogP contribution in [0, 0.1) is 0 Å². The average Bonchev–Trinajstić information content (AvgIpc) is 2.83. The Balaban J connectivity index is 2.05. The van der Waals surface area contributed by atoms with Crippen LogP contribution in [0.5, 0.6) is 5.75 Å². The summed E-state index contributed by atoms with van der Waals surface area (Å²) < 4.78 is 13.5. The number of benzene rings is 1. The van der Waals surface area contributed by atoms with E-state index < -0.39 is 10.8 Å². The van der Waals surface area contributed by atoms with Gasteiger partial charge >= 0.3 is 0 Å². The molecule has 5 heteroatoms. The number of aryl methyl sites for hydroxylation is 1. The zero-order valence-electron chi connectivity index (χ0n) is 8.46. The van der Waals surface area contributed by atoms with Gasteiger partial charge in [0.15, 0.2) is 5.16 Å². The number of nitrogens with zero attached hydrogens (tertiary/aromatic N) is 2. The van der Waals surface area contributed by atoms with Crippen molar-refractivity contribution >= 4 is 10.8 Å². The minimum atomic E-state index is -0.953. The standard InChI is InChI=1S/C11H10N2O2S/c14-9-3-1-8(2-4-9)10-7-13-5-6-16(15)11(13)12-10/h1-4,7,14H,5-6H2. The van der Waals surface area contributed by atoms with Gasteiger partial charge in [-0.25, -0.2) is 4.98 Å². The molecule has 4 nitrogen and oxygen atoms in total. The average molecular weight is 234 g/mol. The van der Waals surface area contributed by atoms with Gasteiger partial charge in [-0.3, -0.25) is 4.21 Å². The normalized spacial score (nSPS) is 18.6. The van der Waals surface area contributed by atoms with E-state index in [2.05, 4.69) is 4.98 Å². The number of aromatic nitrogens is 2. The molecule has 1 aromatic carbocycles. The van der Waals surface area contributed by atoms with Gasteiger partial charge in [0.05, 0.1) is 16.5 Å². The van der Waals surface area contributed by atoms with Crippen molar-refractivity contribution in [3.63, 3.8) is 0 Å². The molecule has 0 saturated carbocycles. The van der Waals surface area contributed by atoms with Crippen molar-refractivity contribution in [2.24, 2.45) is 0 Å². The van der Waals surface area contributed by atoms with E-state index in [0.29, 0.717) is 10.9 Å². The SMILES string of the molecule is O=S1CCn2cc(-c3ccc(O)cc3)nc21. The minimum Gasteiger partial charge on any atom is -0.508 e. The van der Waals surface area contributed by atoms with Gasteiger partial charge in [-0.1, -0.05) is 0 Å². The van der Waals surface area contributed by atoms with Crippen LogP contribution in [0.15, 0.2) is 35.6 Å². The smallest absolute Gasteiger partial charge is 0.199 e. The van der Waals surface area contributed by atoms with E-state index in [1.807, 2.05) is 10.8 Å². The van der Waals surface area contributed by atoms with Crippen molar-refractivity contribution in [1.82, 2.24) is 9.55 Å². The number of phenols is 1. The molecule has 0 aliphatic carbocycles. The third kappa shape index (κ3) is 1.44. The Morgan fingerprint density at radius 3 is 2.75 bits per heavy atom. The molecule has 16 heavy (non-hydrogen) atoms. The lowest BCUT2D eigenvalue weighted by Crippen LogP contribution is -1.90. The van der Waals surface area contributed by atoms with Crippen molar-refractivity contribution in [3.05, 3.63) is 30.5 Å². The van der Waals surface area contributed by atoms with E-state index in [4.69, 9.17) is 0 Å². The maximum Gasteiger partial charge on any atom is 0.199 e. The minimum absolute atomic E-state index is 0.235. The summed E-state index contributed by atoms with van der Waals surface area (Å²) in [6.45, 7) is 0.771. The highest BCUT2D eigenvalue weighted by Gasteiger charge is 2.21. The molecule has 0 bridgehead atoms. The molecule has 82 valence electrons. The molecule has 0 amide bonds. The molecule has 1 atom stereocenters. The van der Waals surface area contributed by atoms with Crippen LogP contribution in [0.4, 0.5) is 0 Å². The zero-order valence-corrected chi connectivity index (χ0v) is 9.28. The summed E-state index contributed by atoms with van der Waals surface area (Å²) in [4.78, 5) is 4.35. The molecule has 0 spiro atoms. The van der Waals surface area contributed by atoms with E-state index in [1.54, 1.807) is 24.3 Å². The topological polar surface area (TPSA) is 55.1 Å². The third-order valence-corrected chi connectivity index (χ3v) is 3.91. The Morgan fingerprint density at radius 1 is 1.31 bits per heavy atom. The molecule has 3 rings (SSSR count). The van der Waals surface area contributed by atoms with Gasteiger partial charge in [-0.05, 0) is 24.3 Å². The van der Waals surface area contributed by atoms with E-state index in [0.717, 1.165) is 17.8 Å². The zero-order chi connectivity index (χ0) is 11.1. The second kappa shape index (κ2) is 3.45. The monoisotopic (exact) mass is 234 g/mol. The molecule has 2 aromatic rings. The fraction of sp³-hybridized carbons (Fsp3) is 0.182. The summed E-state index contributed by atoms with van der Waals surface area (Å²) in [5, 5.41) is 9.84. The largest absolute Gasteiger partial charge is 0.508 e. The quantitative estimate of drug-likeness (QED) is 0.811. The molecule has 1 aliphatic heterocycles. The second-order valence-electron chi connectivity index (χ2n) is 3.70. The number of hydrogen-bond donors (Lipinski definition) is 1. The van der Waals surface area contributed by atoms with Crippen molar-refractivity contribution in [2.75, 3.05) is 5.75 Å². The highest BCUT2D eigenvalue weighted by Crippen LogP contribution is 2.24. The number of imidazole rings is 1. The first-order valence-electron chi connectivity index (χ1n) is 4.99. The fourth-order valence-electron chi connectivity index (χ4n) is 1.78. The number of phenolic OH excluding ortho intramolecular Hbond substituents is 1. The molecule has 0 saturated heterocycles. The summed E-state index contributed by atoms with van der Waals surface area (Å²) in [6.07, 6.45) is 1.91. The predicted molar refractivity (Wildman–Crippen MR) is 60.6 cm³/mol. The Morgan fingerprint density at radius 2 is 2.06 bits per heavy atom. The molecule has 1 unspecified atom stereocenters. The molecular formula is C11H10N2O2S. The van der Waals surface area contributed by atoms with Gasteiger partial charge in [0, 0.05) is 24.1 Å². The molecule has 1 aliphatic rings. The molecule has 0 radical (unpaired) electrons. The maximum absolute atomic E-state index is 11.6.